The molecule has 0 fully saturated rings. The normalized spacial score (nSPS) is 13.5. The molecule has 0 amide bonds. The van der Waals surface area contributed by atoms with Crippen molar-refractivity contribution in [3.8, 4) is 28.4 Å². The van der Waals surface area contributed by atoms with Gasteiger partial charge in [-0.15, -0.1) is 0 Å². The number of methoxy groups -OCH3 is 1. The smallest absolute Gasteiger partial charge is 0.416 e. The summed E-state index contributed by atoms with van der Waals surface area (Å²) in [5.74, 6) is 1.21. The number of fused-ring (bicyclic) bond motifs is 3. The van der Waals surface area contributed by atoms with Crippen molar-refractivity contribution in [2.24, 2.45) is 4.99 Å². The Morgan fingerprint density at radius 2 is 1.89 bits per heavy atom. The summed E-state index contributed by atoms with van der Waals surface area (Å²) >= 11 is 0. The number of halogens is 3. The van der Waals surface area contributed by atoms with Crippen LogP contribution in [0.4, 0.5) is 30.4 Å². The van der Waals surface area contributed by atoms with Gasteiger partial charge in [-0.05, 0) is 54.4 Å². The van der Waals surface area contributed by atoms with Crippen molar-refractivity contribution >= 4 is 27.2 Å². The van der Waals surface area contributed by atoms with E-state index < -0.39 is 27.5 Å². The van der Waals surface area contributed by atoms with E-state index in [1.165, 1.54) is 7.11 Å². The van der Waals surface area contributed by atoms with Crippen LogP contribution < -0.4 is 20.4 Å². The van der Waals surface area contributed by atoms with Gasteiger partial charge in [0.1, 0.15) is 17.4 Å². The van der Waals surface area contributed by atoms with Crippen molar-refractivity contribution in [3.05, 3.63) is 89.6 Å². The van der Waals surface area contributed by atoms with Crippen molar-refractivity contribution in [1.82, 2.24) is 24.5 Å². The highest BCUT2D eigenvalue weighted by Crippen LogP contribution is 2.39. The highest BCUT2D eigenvalue weighted by atomic mass is 32.2. The third-order valence-corrected chi connectivity index (χ3v) is 8.16. The molecule has 0 spiro atoms. The number of rotatable bonds is 7. The Labute approximate surface area is 249 Å². The van der Waals surface area contributed by atoms with E-state index in [-0.39, 0.29) is 17.0 Å². The minimum atomic E-state index is -4.61. The molecule has 3 aromatic rings. The maximum atomic E-state index is 13.1. The van der Waals surface area contributed by atoms with E-state index in [0.717, 1.165) is 46.4 Å². The van der Waals surface area contributed by atoms with E-state index in [1.807, 2.05) is 17.6 Å². The standard InChI is InChI=1S/C29H25F3N8O3S/c1-17-3-4-20(39-44(41,42)16-22-12-19(7-8-33-22)29(30,31)32)13-23(17)24-11-18-14-36-28(37-21-5-6-25(43-2)35-15-21)38-26(18)40-10-9-34-27(24)40/h3-8,11-15,34,39H,9-10,16H2,1-2H3. The topological polar surface area (TPSA) is 136 Å². The highest BCUT2D eigenvalue weighted by molar-refractivity contribution is 7.91. The summed E-state index contributed by atoms with van der Waals surface area (Å²) in [5.41, 5.74) is 3.09. The van der Waals surface area contributed by atoms with E-state index in [1.54, 1.807) is 42.7 Å². The van der Waals surface area contributed by atoms with Gasteiger partial charge in [0, 0.05) is 48.4 Å². The molecule has 226 valence electrons. The van der Waals surface area contributed by atoms with Crippen molar-refractivity contribution in [1.29, 1.82) is 0 Å². The van der Waals surface area contributed by atoms with Crippen molar-refractivity contribution in [2.45, 2.75) is 25.4 Å². The second kappa shape index (κ2) is 11.2. The maximum Gasteiger partial charge on any atom is 0.416 e. The van der Waals surface area contributed by atoms with E-state index >= 15 is 0 Å². The number of sulfonamides is 1. The highest BCUT2D eigenvalue weighted by Gasteiger charge is 2.31. The molecule has 3 aliphatic rings. The molecule has 44 heavy (non-hydrogen) atoms. The van der Waals surface area contributed by atoms with Gasteiger partial charge < -0.3 is 14.6 Å². The Hall–Kier alpha value is -5.05. The average Bonchev–Trinajstić information content (AvgIpc) is 3.48. The van der Waals surface area contributed by atoms with Gasteiger partial charge in [-0.3, -0.25) is 9.71 Å². The predicted molar refractivity (Wildman–Crippen MR) is 157 cm³/mol. The van der Waals surface area contributed by atoms with Crippen LogP contribution in [0, 0.1) is 6.92 Å². The molecule has 1 aromatic carbocycles. The zero-order valence-corrected chi connectivity index (χ0v) is 24.2. The van der Waals surface area contributed by atoms with Crippen LogP contribution in [0.5, 0.6) is 5.88 Å². The molecule has 11 nitrogen and oxygen atoms in total. The largest absolute Gasteiger partial charge is 0.481 e. The van der Waals surface area contributed by atoms with Gasteiger partial charge >= 0.3 is 6.18 Å². The number of hydrogen-bond donors (Lipinski definition) is 2. The van der Waals surface area contributed by atoms with Crippen LogP contribution in [0.25, 0.3) is 22.5 Å². The van der Waals surface area contributed by atoms with E-state index in [2.05, 4.69) is 35.0 Å². The number of anilines is 2. The summed E-state index contributed by atoms with van der Waals surface area (Å²) in [5, 5.41) is 3.40. The number of ether oxygens (including phenoxy) is 1. The van der Waals surface area contributed by atoms with Gasteiger partial charge in [-0.2, -0.15) is 18.2 Å². The predicted octanol–water partition coefficient (Wildman–Crippen LogP) is 4.78. The lowest BCUT2D eigenvalue weighted by Crippen LogP contribution is -2.18. The molecule has 0 atom stereocenters. The van der Waals surface area contributed by atoms with Gasteiger partial charge in [0.2, 0.25) is 15.9 Å². The van der Waals surface area contributed by atoms with Crippen molar-refractivity contribution in [2.75, 3.05) is 23.7 Å². The summed E-state index contributed by atoms with van der Waals surface area (Å²) in [7, 11) is -2.55. The molecular weight excluding hydrogens is 597 g/mol. The van der Waals surface area contributed by atoms with E-state index in [0.29, 0.717) is 30.5 Å². The minimum Gasteiger partial charge on any atom is -0.481 e. The molecule has 0 bridgehead atoms. The van der Waals surface area contributed by atoms with Crippen LogP contribution in [0.1, 0.15) is 16.8 Å². The summed E-state index contributed by atoms with van der Waals surface area (Å²) in [4.78, 5) is 21.5. The number of nitrogens with one attached hydrogen (secondary N) is 2. The number of pyridine rings is 3. The fourth-order valence-electron chi connectivity index (χ4n) is 4.91. The van der Waals surface area contributed by atoms with Crippen LogP contribution in [0.3, 0.4) is 0 Å². The summed E-state index contributed by atoms with van der Waals surface area (Å²) in [6.45, 7) is 3.19. The molecule has 2 N–H and O–H groups in total. The summed E-state index contributed by atoms with van der Waals surface area (Å²) in [6.07, 6.45) is -0.423. The Morgan fingerprint density at radius 1 is 1.05 bits per heavy atom. The second-order valence-electron chi connectivity index (χ2n) is 10.0. The average molecular weight is 623 g/mol. The first kappa shape index (κ1) is 29.0. The first-order valence-electron chi connectivity index (χ1n) is 13.3. The molecule has 0 saturated carbocycles. The number of aryl methyl sites for hydroxylation is 1. The molecule has 6 rings (SSSR count). The zero-order valence-electron chi connectivity index (χ0n) is 23.4. The van der Waals surface area contributed by atoms with Crippen LogP contribution >= 0.6 is 0 Å². The Kier molecular flexibility index (Phi) is 7.41. The number of aromatic nitrogens is 5. The summed E-state index contributed by atoms with van der Waals surface area (Å²) < 4.78 is 74.7. The van der Waals surface area contributed by atoms with Crippen LogP contribution in [0.15, 0.2) is 72.1 Å². The quantitative estimate of drug-likeness (QED) is 0.265. The number of benzene rings is 1. The lowest BCUT2D eigenvalue weighted by atomic mass is 9.98. The Morgan fingerprint density at radius 3 is 2.64 bits per heavy atom. The fraction of sp³-hybridized carbons (Fsp3) is 0.207. The number of nitrogens with zero attached hydrogens (tertiary/aromatic N) is 6. The van der Waals surface area contributed by atoms with Crippen LogP contribution in [0.2, 0.25) is 0 Å². The minimum absolute atomic E-state index is 0.220. The molecule has 5 heterocycles. The Balaban J connectivity index is 1.33. The second-order valence-corrected chi connectivity index (χ2v) is 11.8. The van der Waals surface area contributed by atoms with Gasteiger partial charge in [-0.1, -0.05) is 6.07 Å². The van der Waals surface area contributed by atoms with Gasteiger partial charge in [0.15, 0.2) is 0 Å². The molecular formula is C29H25F3N8O3S. The molecule has 0 aliphatic carbocycles. The first-order chi connectivity index (χ1) is 21.0. The molecule has 2 aromatic heterocycles. The number of hydrogen-bond acceptors (Lipinski definition) is 9. The fourth-order valence-corrected chi connectivity index (χ4v) is 6.02. The zero-order chi connectivity index (χ0) is 31.1. The van der Waals surface area contributed by atoms with Crippen molar-refractivity contribution in [3.63, 3.8) is 0 Å². The third-order valence-electron chi connectivity index (χ3n) is 6.93. The summed E-state index contributed by atoms with van der Waals surface area (Å²) in [6, 6.07) is 12.0. The van der Waals surface area contributed by atoms with Gasteiger partial charge in [-0.25, -0.2) is 23.4 Å². The third kappa shape index (κ3) is 6.04. The molecule has 0 unspecified atom stereocenters. The van der Waals surface area contributed by atoms with Crippen molar-refractivity contribution < 1.29 is 26.3 Å². The first-order valence-corrected chi connectivity index (χ1v) is 15.0. The molecule has 0 radical (unpaired) electrons. The van der Waals surface area contributed by atoms with E-state index in [9.17, 15) is 21.6 Å². The van der Waals surface area contributed by atoms with Gasteiger partial charge in [0.25, 0.3) is 5.62 Å². The lowest BCUT2D eigenvalue weighted by Gasteiger charge is -2.19. The Bertz CT molecular complexity index is 2010. The number of alkyl halides is 3. The molecule has 15 heteroatoms. The van der Waals surface area contributed by atoms with Crippen LogP contribution in [-0.4, -0.2) is 46.6 Å². The van der Waals surface area contributed by atoms with Crippen LogP contribution in [-0.2, 0) is 28.5 Å². The van der Waals surface area contributed by atoms with E-state index in [4.69, 9.17) is 4.74 Å². The maximum absolute atomic E-state index is 13.1. The lowest BCUT2D eigenvalue weighted by molar-refractivity contribution is -0.137. The monoisotopic (exact) mass is 622 g/mol. The SMILES string of the molecule is COc1ccc(N=c2ncc3cc(-c4cc(NS(=O)(=O)Cc5cc(C(F)(F)F)ccn5)ccc4C)c4n(c-3n2)CCN4)cn1. The molecule has 3 aliphatic heterocycles. The van der Waals surface area contributed by atoms with Gasteiger partial charge in [0.05, 0.1) is 30.3 Å². The molecule has 0 saturated heterocycles.